The second-order valence-electron chi connectivity index (χ2n) is 4.24. The van der Waals surface area contributed by atoms with Crippen molar-refractivity contribution in [2.45, 2.75) is 58.2 Å². The molecule has 0 rings (SSSR count). The van der Waals surface area contributed by atoms with Crippen LogP contribution in [-0.4, -0.2) is 36.1 Å². The summed E-state index contributed by atoms with van der Waals surface area (Å²) in [4.78, 5) is 8.99. The first-order chi connectivity index (χ1) is 7.65. The Labute approximate surface area is 98.5 Å². The van der Waals surface area contributed by atoms with E-state index in [1.807, 2.05) is 0 Å². The molecule has 0 spiro atoms. The summed E-state index contributed by atoms with van der Waals surface area (Å²) in [6.45, 7) is 4.29. The predicted molar refractivity (Wildman–Crippen MR) is 62.9 cm³/mol. The van der Waals surface area contributed by atoms with Gasteiger partial charge >= 0.3 is 0 Å². The number of hydrogen-bond donors (Lipinski definition) is 2. The molecule has 0 radical (unpaired) electrons. The van der Waals surface area contributed by atoms with Crippen LogP contribution in [0.4, 0.5) is 0 Å². The van der Waals surface area contributed by atoms with E-state index >= 15 is 0 Å². The number of aliphatic hydroxyl groups is 2. The smallest absolute Gasteiger partial charge is 0.111 e. The lowest BCUT2D eigenvalue weighted by atomic mass is 9.91. The van der Waals surface area contributed by atoms with Gasteiger partial charge in [0.1, 0.15) is 12.7 Å². The number of hydrogen-bond acceptors (Lipinski definition) is 4. The zero-order valence-electron chi connectivity index (χ0n) is 10.7. The van der Waals surface area contributed by atoms with E-state index in [9.17, 15) is 10.2 Å². The molecule has 0 aliphatic rings. The van der Waals surface area contributed by atoms with Crippen LogP contribution >= 0.6 is 0 Å². The molecule has 3 unspecified atom stereocenters. The Hall–Kier alpha value is -0.160. The molecular weight excluding hydrogens is 208 g/mol. The van der Waals surface area contributed by atoms with Crippen LogP contribution in [-0.2, 0) is 9.78 Å². The van der Waals surface area contributed by atoms with Gasteiger partial charge in [-0.05, 0) is 12.3 Å². The van der Waals surface area contributed by atoms with Crippen LogP contribution in [0.1, 0.15) is 46.0 Å². The minimum atomic E-state index is -0.865. The zero-order chi connectivity index (χ0) is 12.4. The van der Waals surface area contributed by atoms with Crippen LogP contribution in [0, 0.1) is 5.92 Å². The van der Waals surface area contributed by atoms with Gasteiger partial charge in [0, 0.05) is 0 Å². The number of unbranched alkanes of at least 4 members (excludes halogenated alkanes) is 1. The highest BCUT2D eigenvalue weighted by Gasteiger charge is 2.20. The first kappa shape index (κ1) is 15.8. The second-order valence-corrected chi connectivity index (χ2v) is 4.24. The molecule has 16 heavy (non-hydrogen) atoms. The van der Waals surface area contributed by atoms with Gasteiger partial charge in [-0.2, -0.15) is 0 Å². The maximum atomic E-state index is 9.76. The maximum Gasteiger partial charge on any atom is 0.111 e. The highest BCUT2D eigenvalue weighted by molar-refractivity contribution is 4.71. The van der Waals surface area contributed by atoms with E-state index in [1.165, 1.54) is 20.0 Å². The minimum Gasteiger partial charge on any atom is -0.390 e. The van der Waals surface area contributed by atoms with E-state index < -0.39 is 12.2 Å². The Morgan fingerprint density at radius 2 is 1.81 bits per heavy atom. The molecule has 0 aliphatic heterocycles. The van der Waals surface area contributed by atoms with Gasteiger partial charge in [-0.25, -0.2) is 9.78 Å². The highest BCUT2D eigenvalue weighted by Crippen LogP contribution is 2.19. The van der Waals surface area contributed by atoms with Crippen LogP contribution in [0.3, 0.4) is 0 Å². The summed E-state index contributed by atoms with van der Waals surface area (Å²) in [5, 5.41) is 19.3. The Balaban J connectivity index is 3.83. The van der Waals surface area contributed by atoms with Crippen molar-refractivity contribution >= 4 is 0 Å². The SMILES string of the molecule is CCCCC(CC)CC(O)C(O)COOC. The second kappa shape index (κ2) is 10.0. The average molecular weight is 234 g/mol. The summed E-state index contributed by atoms with van der Waals surface area (Å²) in [5.74, 6) is 0.479. The summed E-state index contributed by atoms with van der Waals surface area (Å²) in [7, 11) is 1.38. The van der Waals surface area contributed by atoms with Crippen LogP contribution in [0.5, 0.6) is 0 Å². The molecule has 0 aromatic carbocycles. The first-order valence-electron chi connectivity index (χ1n) is 6.17. The topological polar surface area (TPSA) is 58.9 Å². The quantitative estimate of drug-likeness (QED) is 0.447. The lowest BCUT2D eigenvalue weighted by molar-refractivity contribution is -0.289. The largest absolute Gasteiger partial charge is 0.390 e. The predicted octanol–water partition coefficient (Wildman–Crippen LogP) is 1.89. The van der Waals surface area contributed by atoms with Crippen LogP contribution < -0.4 is 0 Å². The fourth-order valence-electron chi connectivity index (χ4n) is 1.73. The molecule has 0 aromatic rings. The molecule has 0 bridgehead atoms. The average Bonchev–Trinajstić information content (AvgIpc) is 2.30. The van der Waals surface area contributed by atoms with Crippen molar-refractivity contribution in [2.75, 3.05) is 13.7 Å². The van der Waals surface area contributed by atoms with E-state index in [4.69, 9.17) is 0 Å². The molecule has 0 saturated heterocycles. The molecule has 0 heterocycles. The molecule has 4 nitrogen and oxygen atoms in total. The first-order valence-corrected chi connectivity index (χ1v) is 6.17. The van der Waals surface area contributed by atoms with Crippen LogP contribution in [0.15, 0.2) is 0 Å². The molecular formula is C12H26O4. The van der Waals surface area contributed by atoms with Crippen molar-refractivity contribution < 1.29 is 20.0 Å². The van der Waals surface area contributed by atoms with Gasteiger partial charge in [0.15, 0.2) is 0 Å². The van der Waals surface area contributed by atoms with E-state index in [0.29, 0.717) is 12.3 Å². The molecule has 98 valence electrons. The van der Waals surface area contributed by atoms with Gasteiger partial charge < -0.3 is 10.2 Å². The summed E-state index contributed by atoms with van der Waals surface area (Å²) in [5.41, 5.74) is 0. The lowest BCUT2D eigenvalue weighted by Crippen LogP contribution is -2.32. The molecule has 0 aliphatic carbocycles. The third-order valence-electron chi connectivity index (χ3n) is 2.92. The zero-order valence-corrected chi connectivity index (χ0v) is 10.7. The maximum absolute atomic E-state index is 9.76. The normalized spacial score (nSPS) is 17.1. The molecule has 4 heteroatoms. The van der Waals surface area contributed by atoms with Gasteiger partial charge in [0.2, 0.25) is 0 Å². The standard InChI is InChI=1S/C12H26O4/c1-4-6-7-10(5-2)8-11(13)12(14)9-16-15-3/h10-14H,4-9H2,1-3H3. The van der Waals surface area contributed by atoms with Crippen molar-refractivity contribution in [3.8, 4) is 0 Å². The molecule has 0 amide bonds. The van der Waals surface area contributed by atoms with Crippen molar-refractivity contribution in [3.05, 3.63) is 0 Å². The Morgan fingerprint density at radius 1 is 1.12 bits per heavy atom. The van der Waals surface area contributed by atoms with Crippen molar-refractivity contribution in [1.82, 2.24) is 0 Å². The van der Waals surface area contributed by atoms with Crippen LogP contribution in [0.2, 0.25) is 0 Å². The van der Waals surface area contributed by atoms with Gasteiger partial charge in [-0.15, -0.1) is 0 Å². The van der Waals surface area contributed by atoms with Gasteiger partial charge in [-0.1, -0.05) is 39.5 Å². The van der Waals surface area contributed by atoms with Crippen LogP contribution in [0.25, 0.3) is 0 Å². The molecule has 2 N–H and O–H groups in total. The third kappa shape index (κ3) is 7.17. The fraction of sp³-hybridized carbons (Fsp3) is 1.00. The Morgan fingerprint density at radius 3 is 2.31 bits per heavy atom. The summed E-state index contributed by atoms with van der Waals surface area (Å²) in [6.07, 6.45) is 3.53. The van der Waals surface area contributed by atoms with E-state index in [1.54, 1.807) is 0 Å². The fourth-order valence-corrected chi connectivity index (χ4v) is 1.73. The minimum absolute atomic E-state index is 0.0158. The van der Waals surface area contributed by atoms with Crippen molar-refractivity contribution in [1.29, 1.82) is 0 Å². The number of rotatable bonds is 10. The molecule has 0 fully saturated rings. The van der Waals surface area contributed by atoms with E-state index in [-0.39, 0.29) is 6.61 Å². The van der Waals surface area contributed by atoms with Gasteiger partial charge in [0.25, 0.3) is 0 Å². The summed E-state index contributed by atoms with van der Waals surface area (Å²) >= 11 is 0. The Kier molecular flexibility index (Phi) is 9.92. The van der Waals surface area contributed by atoms with Gasteiger partial charge in [0.05, 0.1) is 13.2 Å². The summed E-state index contributed by atoms with van der Waals surface area (Å²) < 4.78 is 0. The van der Waals surface area contributed by atoms with E-state index in [2.05, 4.69) is 23.6 Å². The summed E-state index contributed by atoms with van der Waals surface area (Å²) in [6, 6.07) is 0. The van der Waals surface area contributed by atoms with E-state index in [0.717, 1.165) is 12.8 Å². The van der Waals surface area contributed by atoms with Crippen molar-refractivity contribution in [3.63, 3.8) is 0 Å². The molecule has 3 atom stereocenters. The van der Waals surface area contributed by atoms with Crippen molar-refractivity contribution in [2.24, 2.45) is 5.92 Å². The monoisotopic (exact) mass is 234 g/mol. The highest BCUT2D eigenvalue weighted by atomic mass is 17.2. The molecule has 0 aromatic heterocycles. The third-order valence-corrected chi connectivity index (χ3v) is 2.92. The Bertz CT molecular complexity index is 152. The van der Waals surface area contributed by atoms with Gasteiger partial charge in [-0.3, -0.25) is 0 Å². The lowest BCUT2D eigenvalue weighted by Gasteiger charge is -2.22. The molecule has 0 saturated carbocycles. The number of aliphatic hydroxyl groups excluding tert-OH is 2.